The molecule has 0 atom stereocenters. The Hall–Kier alpha value is -3.30. The Morgan fingerprint density at radius 3 is 2.76 bits per heavy atom. The number of hydrazine groups is 1. The first-order valence-corrected chi connectivity index (χ1v) is 7.72. The lowest BCUT2D eigenvalue weighted by Crippen LogP contribution is -2.31. The summed E-state index contributed by atoms with van der Waals surface area (Å²) >= 11 is 0. The predicted molar refractivity (Wildman–Crippen MR) is 92.2 cm³/mol. The highest BCUT2D eigenvalue weighted by molar-refractivity contribution is 5.93. The van der Waals surface area contributed by atoms with E-state index in [2.05, 4.69) is 25.8 Å². The molecule has 0 saturated heterocycles. The van der Waals surface area contributed by atoms with Gasteiger partial charge in [0.25, 0.3) is 5.91 Å². The zero-order valence-electron chi connectivity index (χ0n) is 14.0. The molecule has 0 spiro atoms. The smallest absolute Gasteiger partial charge is 0.354 e. The first-order valence-electron chi connectivity index (χ1n) is 7.72. The second-order valence-corrected chi connectivity index (χ2v) is 5.22. The van der Waals surface area contributed by atoms with Crippen LogP contribution in [0, 0.1) is 10.1 Å². The molecule has 0 aliphatic heterocycles. The fourth-order valence-corrected chi connectivity index (χ4v) is 2.09. The molecule has 0 unspecified atom stereocenters. The first kappa shape index (κ1) is 18.0. The minimum absolute atomic E-state index is 0.0948. The second-order valence-electron chi connectivity index (χ2n) is 5.22. The number of carbonyl (C=O) groups excluding carboxylic acids is 1. The van der Waals surface area contributed by atoms with Crippen molar-refractivity contribution in [2.75, 3.05) is 23.9 Å². The Labute approximate surface area is 144 Å². The molecule has 2 heterocycles. The molecule has 25 heavy (non-hydrogen) atoms. The number of amides is 1. The molecule has 0 aromatic carbocycles. The summed E-state index contributed by atoms with van der Waals surface area (Å²) in [6.07, 6.45) is 4.51. The third-order valence-electron chi connectivity index (χ3n) is 3.39. The number of nitrogens with zero attached hydrogens (tertiary/aromatic N) is 5. The van der Waals surface area contributed by atoms with Gasteiger partial charge in [-0.3, -0.25) is 30.7 Å². The molecule has 0 radical (unpaired) electrons. The largest absolute Gasteiger partial charge is 0.355 e. The summed E-state index contributed by atoms with van der Waals surface area (Å²) in [5.41, 5.74) is 4.71. The van der Waals surface area contributed by atoms with E-state index < -0.39 is 10.8 Å². The van der Waals surface area contributed by atoms with Crippen molar-refractivity contribution in [3.63, 3.8) is 0 Å². The van der Waals surface area contributed by atoms with Gasteiger partial charge in [-0.2, -0.15) is 0 Å². The van der Waals surface area contributed by atoms with Crippen LogP contribution in [0.5, 0.6) is 0 Å². The highest BCUT2D eigenvalue weighted by atomic mass is 16.6. The van der Waals surface area contributed by atoms with E-state index in [1.807, 2.05) is 6.92 Å². The maximum atomic E-state index is 12.0. The Kier molecular flexibility index (Phi) is 6.15. The minimum atomic E-state index is -0.576. The maximum Gasteiger partial charge on any atom is 0.355 e. The summed E-state index contributed by atoms with van der Waals surface area (Å²) < 4.78 is 0. The molecule has 0 aliphatic carbocycles. The number of anilines is 2. The van der Waals surface area contributed by atoms with Gasteiger partial charge in [0.15, 0.2) is 0 Å². The number of aromatic nitrogens is 3. The van der Waals surface area contributed by atoms with Crippen molar-refractivity contribution in [3.05, 3.63) is 46.5 Å². The van der Waals surface area contributed by atoms with Crippen molar-refractivity contribution in [2.24, 2.45) is 0 Å². The molecule has 0 bridgehead atoms. The zero-order valence-corrected chi connectivity index (χ0v) is 14.0. The fraction of sp³-hybridized carbons (Fsp3) is 0.333. The molecule has 0 aliphatic rings. The molecule has 2 aromatic rings. The van der Waals surface area contributed by atoms with Gasteiger partial charge in [-0.15, -0.1) is 0 Å². The van der Waals surface area contributed by atoms with E-state index in [0.29, 0.717) is 6.54 Å². The van der Waals surface area contributed by atoms with Gasteiger partial charge in [-0.25, -0.2) is 9.97 Å². The number of rotatable bonds is 8. The van der Waals surface area contributed by atoms with Crippen LogP contribution in [0.25, 0.3) is 0 Å². The van der Waals surface area contributed by atoms with Crippen LogP contribution in [0.2, 0.25) is 0 Å². The van der Waals surface area contributed by atoms with E-state index in [1.54, 1.807) is 24.1 Å². The summed E-state index contributed by atoms with van der Waals surface area (Å²) in [6.45, 7) is 2.65. The van der Waals surface area contributed by atoms with Crippen molar-refractivity contribution in [3.8, 4) is 0 Å². The average molecular weight is 345 g/mol. The van der Waals surface area contributed by atoms with E-state index >= 15 is 0 Å². The molecule has 0 fully saturated rings. The fourth-order valence-electron chi connectivity index (χ4n) is 2.09. The number of pyridine rings is 1. The van der Waals surface area contributed by atoms with Crippen molar-refractivity contribution in [2.45, 2.75) is 19.8 Å². The molecule has 10 nitrogen and oxygen atoms in total. The van der Waals surface area contributed by atoms with E-state index in [9.17, 15) is 14.9 Å². The molecule has 0 saturated carbocycles. The number of nitro groups is 1. The van der Waals surface area contributed by atoms with E-state index in [0.717, 1.165) is 12.8 Å². The topological polar surface area (TPSA) is 126 Å². The van der Waals surface area contributed by atoms with Crippen molar-refractivity contribution in [1.29, 1.82) is 0 Å². The number of hydrogen-bond acceptors (Lipinski definition) is 8. The highest BCUT2D eigenvalue weighted by Crippen LogP contribution is 2.30. The van der Waals surface area contributed by atoms with Crippen LogP contribution in [-0.2, 0) is 0 Å². The van der Waals surface area contributed by atoms with Crippen LogP contribution in [0.15, 0.2) is 30.7 Å². The normalized spacial score (nSPS) is 10.2. The van der Waals surface area contributed by atoms with Crippen molar-refractivity contribution < 1.29 is 9.72 Å². The van der Waals surface area contributed by atoms with Gasteiger partial charge < -0.3 is 4.90 Å². The van der Waals surface area contributed by atoms with Crippen LogP contribution in [-0.4, -0.2) is 39.4 Å². The molecule has 132 valence electrons. The lowest BCUT2D eigenvalue weighted by molar-refractivity contribution is -0.383. The van der Waals surface area contributed by atoms with Crippen LogP contribution in [0.4, 0.5) is 17.3 Å². The molecule has 1 amide bonds. The van der Waals surface area contributed by atoms with Gasteiger partial charge in [-0.1, -0.05) is 19.4 Å². The van der Waals surface area contributed by atoms with Gasteiger partial charge >= 0.3 is 5.69 Å². The summed E-state index contributed by atoms with van der Waals surface area (Å²) in [5.74, 6) is -0.444. The van der Waals surface area contributed by atoms with Gasteiger partial charge in [0.2, 0.25) is 11.6 Å². The number of carbonyl (C=O) groups is 1. The van der Waals surface area contributed by atoms with Gasteiger partial charge in [0, 0.05) is 19.8 Å². The second kappa shape index (κ2) is 8.52. The van der Waals surface area contributed by atoms with Crippen LogP contribution >= 0.6 is 0 Å². The summed E-state index contributed by atoms with van der Waals surface area (Å²) in [5, 5.41) is 11.5. The maximum absolute atomic E-state index is 12.0. The third-order valence-corrected chi connectivity index (χ3v) is 3.39. The van der Waals surface area contributed by atoms with Gasteiger partial charge in [0.05, 0.1) is 4.92 Å². The van der Waals surface area contributed by atoms with Crippen LogP contribution in [0.3, 0.4) is 0 Å². The molecule has 2 N–H and O–H groups in total. The van der Waals surface area contributed by atoms with Crippen LogP contribution < -0.4 is 15.8 Å². The highest BCUT2D eigenvalue weighted by Gasteiger charge is 2.25. The van der Waals surface area contributed by atoms with E-state index in [1.165, 1.54) is 18.6 Å². The molecular formula is C15H19N7O3. The molecule has 2 rings (SSSR count). The van der Waals surface area contributed by atoms with E-state index in [4.69, 9.17) is 0 Å². The summed E-state index contributed by atoms with van der Waals surface area (Å²) in [6, 6.07) is 4.86. The standard InChI is InChI=1S/C15H19N7O3/c1-3-4-9-21(2)14-12(22(24)25)13(17-10-18-14)19-20-15(23)11-7-5-6-8-16-11/h5-8,10H,3-4,9H2,1-2H3,(H,20,23)(H,17,18,19). The van der Waals surface area contributed by atoms with Crippen LogP contribution in [0.1, 0.15) is 30.3 Å². The zero-order chi connectivity index (χ0) is 18.2. The van der Waals surface area contributed by atoms with Gasteiger partial charge in [0.1, 0.15) is 12.0 Å². The molecule has 10 heteroatoms. The van der Waals surface area contributed by atoms with E-state index in [-0.39, 0.29) is 23.0 Å². The summed E-state index contributed by atoms with van der Waals surface area (Å²) in [7, 11) is 1.72. The first-order chi connectivity index (χ1) is 12.0. The Bertz CT molecular complexity index is 739. The Balaban J connectivity index is 2.20. The number of hydrogen-bond donors (Lipinski definition) is 2. The monoisotopic (exact) mass is 345 g/mol. The summed E-state index contributed by atoms with van der Waals surface area (Å²) in [4.78, 5) is 36.4. The van der Waals surface area contributed by atoms with Crippen molar-refractivity contribution in [1.82, 2.24) is 20.4 Å². The number of unbranched alkanes of at least 4 members (excludes halogenated alkanes) is 1. The average Bonchev–Trinajstić information content (AvgIpc) is 2.64. The Morgan fingerprint density at radius 2 is 2.12 bits per heavy atom. The number of nitrogens with one attached hydrogen (secondary N) is 2. The lowest BCUT2D eigenvalue weighted by atomic mass is 10.3. The third kappa shape index (κ3) is 4.59. The quantitative estimate of drug-likeness (QED) is 0.547. The minimum Gasteiger partial charge on any atom is -0.354 e. The Morgan fingerprint density at radius 1 is 1.32 bits per heavy atom. The van der Waals surface area contributed by atoms with Crippen molar-refractivity contribution >= 4 is 23.2 Å². The predicted octanol–water partition coefficient (Wildman–Crippen LogP) is 1.77. The molecular weight excluding hydrogens is 326 g/mol. The lowest BCUT2D eigenvalue weighted by Gasteiger charge is -2.18. The van der Waals surface area contributed by atoms with Gasteiger partial charge in [-0.05, 0) is 18.6 Å². The molecule has 2 aromatic heterocycles. The SMILES string of the molecule is CCCCN(C)c1ncnc(NNC(=O)c2ccccn2)c1[N+](=O)[O-].